The Kier molecular flexibility index (Phi) is 7.62. The lowest BCUT2D eigenvalue weighted by atomic mass is 10.1. The highest BCUT2D eigenvalue weighted by atomic mass is 15.1. The van der Waals surface area contributed by atoms with Gasteiger partial charge in [0.25, 0.3) is 0 Å². The number of hydrogen-bond acceptors (Lipinski definition) is 6. The Morgan fingerprint density at radius 2 is 1.56 bits per heavy atom. The van der Waals surface area contributed by atoms with Gasteiger partial charge in [-0.3, -0.25) is 0 Å². The van der Waals surface area contributed by atoms with Gasteiger partial charge in [-0.25, -0.2) is 19.9 Å². The molecule has 6 nitrogen and oxygen atoms in total. The first-order valence-corrected chi connectivity index (χ1v) is 9.58. The SMILES string of the molecule is C(=CC1CCCN1)c1cncnc1.CN1CCC(C=Cc2cncnc2)C1. The summed E-state index contributed by atoms with van der Waals surface area (Å²) < 4.78 is 0. The molecule has 4 rings (SSSR count). The Bertz CT molecular complexity index is 710. The molecule has 0 amide bonds. The molecule has 2 fully saturated rings. The minimum atomic E-state index is 0.542. The summed E-state index contributed by atoms with van der Waals surface area (Å²) in [5.41, 5.74) is 2.15. The molecule has 6 heteroatoms. The molecule has 0 bridgehead atoms. The number of nitrogens with zero attached hydrogens (tertiary/aromatic N) is 5. The van der Waals surface area contributed by atoms with E-state index in [9.17, 15) is 0 Å². The molecule has 142 valence electrons. The number of rotatable bonds is 4. The minimum Gasteiger partial charge on any atom is -0.311 e. The summed E-state index contributed by atoms with van der Waals surface area (Å²) in [6.07, 6.45) is 22.8. The zero-order valence-corrected chi connectivity index (χ0v) is 15.9. The molecule has 0 radical (unpaired) electrons. The molecule has 2 saturated heterocycles. The second kappa shape index (κ2) is 10.6. The first kappa shape index (κ1) is 19.3. The van der Waals surface area contributed by atoms with Gasteiger partial charge in [0.05, 0.1) is 0 Å². The Hall–Kier alpha value is -2.44. The van der Waals surface area contributed by atoms with Gasteiger partial charge in [0.15, 0.2) is 0 Å². The van der Waals surface area contributed by atoms with E-state index in [0.29, 0.717) is 12.0 Å². The van der Waals surface area contributed by atoms with Crippen LogP contribution in [0.2, 0.25) is 0 Å². The van der Waals surface area contributed by atoms with Gasteiger partial charge in [-0.1, -0.05) is 24.3 Å². The van der Waals surface area contributed by atoms with Crippen LogP contribution in [0.5, 0.6) is 0 Å². The van der Waals surface area contributed by atoms with Crippen molar-refractivity contribution in [3.63, 3.8) is 0 Å². The second-order valence-electron chi connectivity index (χ2n) is 7.08. The van der Waals surface area contributed by atoms with E-state index in [2.05, 4.69) is 61.5 Å². The van der Waals surface area contributed by atoms with Crippen LogP contribution in [0.15, 0.2) is 49.6 Å². The average molecular weight is 364 g/mol. The number of hydrogen-bond donors (Lipinski definition) is 1. The van der Waals surface area contributed by atoms with E-state index in [1.165, 1.54) is 32.4 Å². The van der Waals surface area contributed by atoms with Crippen LogP contribution in [0, 0.1) is 5.92 Å². The van der Waals surface area contributed by atoms with Gasteiger partial charge in [-0.15, -0.1) is 0 Å². The summed E-state index contributed by atoms with van der Waals surface area (Å²) >= 11 is 0. The predicted octanol–water partition coefficient (Wildman–Crippen LogP) is 2.68. The molecule has 0 aromatic carbocycles. The van der Waals surface area contributed by atoms with Gasteiger partial charge in [-0.05, 0) is 45.3 Å². The quantitative estimate of drug-likeness (QED) is 0.900. The summed E-state index contributed by atoms with van der Waals surface area (Å²) in [6, 6.07) is 0.542. The molecule has 2 aliphatic rings. The normalized spacial score (nSPS) is 23.0. The van der Waals surface area contributed by atoms with Gasteiger partial charge in [0, 0.05) is 48.5 Å². The minimum absolute atomic E-state index is 0.542. The van der Waals surface area contributed by atoms with Crippen molar-refractivity contribution in [2.24, 2.45) is 5.92 Å². The third-order valence-electron chi connectivity index (χ3n) is 4.77. The molecule has 1 N–H and O–H groups in total. The Morgan fingerprint density at radius 1 is 0.926 bits per heavy atom. The Labute approximate surface area is 161 Å². The first-order valence-electron chi connectivity index (χ1n) is 9.58. The van der Waals surface area contributed by atoms with Crippen LogP contribution >= 0.6 is 0 Å². The number of aromatic nitrogens is 4. The predicted molar refractivity (Wildman–Crippen MR) is 109 cm³/mol. The fourth-order valence-electron chi connectivity index (χ4n) is 3.27. The van der Waals surface area contributed by atoms with Crippen LogP contribution in [0.4, 0.5) is 0 Å². The molecule has 0 saturated carbocycles. The number of nitrogens with one attached hydrogen (secondary N) is 1. The van der Waals surface area contributed by atoms with Gasteiger partial charge < -0.3 is 10.2 Å². The van der Waals surface area contributed by atoms with Crippen molar-refractivity contribution in [2.45, 2.75) is 25.3 Å². The summed E-state index contributed by atoms with van der Waals surface area (Å²) in [5, 5.41) is 3.40. The molecule has 2 atom stereocenters. The standard InChI is InChI=1S/C11H15N3.C10H13N3/c1-14-5-4-10(8-14)2-3-11-6-12-9-13-7-11;1-2-10(13-5-1)4-3-9-6-11-8-12-7-9/h2-3,6-7,9-10H,4-5,8H2,1H3;3-4,6-8,10,13H,1-2,5H2. The van der Waals surface area contributed by atoms with Crippen molar-refractivity contribution in [1.29, 1.82) is 0 Å². The third-order valence-corrected chi connectivity index (χ3v) is 4.77. The second-order valence-corrected chi connectivity index (χ2v) is 7.08. The topological polar surface area (TPSA) is 66.8 Å². The fourth-order valence-corrected chi connectivity index (χ4v) is 3.27. The van der Waals surface area contributed by atoms with Gasteiger partial charge in [0.2, 0.25) is 0 Å². The lowest BCUT2D eigenvalue weighted by Gasteiger charge is -2.05. The van der Waals surface area contributed by atoms with Gasteiger partial charge >= 0.3 is 0 Å². The maximum Gasteiger partial charge on any atom is 0.115 e. The van der Waals surface area contributed by atoms with Crippen molar-refractivity contribution in [3.8, 4) is 0 Å². The van der Waals surface area contributed by atoms with Crippen LogP contribution < -0.4 is 5.32 Å². The molecule has 4 heterocycles. The van der Waals surface area contributed by atoms with E-state index in [1.54, 1.807) is 12.7 Å². The summed E-state index contributed by atoms with van der Waals surface area (Å²) in [6.45, 7) is 3.52. The van der Waals surface area contributed by atoms with E-state index >= 15 is 0 Å². The molecule has 0 spiro atoms. The zero-order chi connectivity index (χ0) is 18.7. The third kappa shape index (κ3) is 7.00. The highest BCUT2D eigenvalue weighted by Crippen LogP contribution is 2.16. The van der Waals surface area contributed by atoms with Crippen molar-refractivity contribution in [3.05, 3.63) is 60.7 Å². The fraction of sp³-hybridized carbons (Fsp3) is 0.429. The molecule has 2 aliphatic heterocycles. The molecule has 2 aromatic heterocycles. The van der Waals surface area contributed by atoms with Crippen molar-refractivity contribution >= 4 is 12.2 Å². The van der Waals surface area contributed by atoms with Crippen LogP contribution in [0.1, 0.15) is 30.4 Å². The van der Waals surface area contributed by atoms with E-state index in [1.807, 2.05) is 24.8 Å². The molecular weight excluding hydrogens is 336 g/mol. The Morgan fingerprint density at radius 3 is 2.07 bits per heavy atom. The maximum absolute atomic E-state index is 3.97. The highest BCUT2D eigenvalue weighted by Gasteiger charge is 2.16. The van der Waals surface area contributed by atoms with Crippen molar-refractivity contribution in [1.82, 2.24) is 30.2 Å². The lowest BCUT2D eigenvalue weighted by molar-refractivity contribution is 0.408. The van der Waals surface area contributed by atoms with Crippen LogP contribution in [0.3, 0.4) is 0 Å². The molecule has 27 heavy (non-hydrogen) atoms. The van der Waals surface area contributed by atoms with E-state index in [-0.39, 0.29) is 0 Å². The van der Waals surface area contributed by atoms with E-state index < -0.39 is 0 Å². The smallest absolute Gasteiger partial charge is 0.115 e. The lowest BCUT2D eigenvalue weighted by Crippen LogP contribution is -2.17. The van der Waals surface area contributed by atoms with Gasteiger partial charge in [-0.2, -0.15) is 0 Å². The average Bonchev–Trinajstić information content (AvgIpc) is 3.39. The van der Waals surface area contributed by atoms with E-state index in [4.69, 9.17) is 0 Å². The summed E-state index contributed by atoms with van der Waals surface area (Å²) in [5.74, 6) is 0.695. The van der Waals surface area contributed by atoms with Crippen LogP contribution in [-0.4, -0.2) is 57.6 Å². The monoisotopic (exact) mass is 364 g/mol. The summed E-state index contributed by atoms with van der Waals surface area (Å²) in [4.78, 5) is 18.2. The molecule has 2 unspecified atom stereocenters. The van der Waals surface area contributed by atoms with Crippen LogP contribution in [-0.2, 0) is 0 Å². The first-order chi connectivity index (χ1) is 13.3. The molecule has 2 aromatic rings. The van der Waals surface area contributed by atoms with Crippen molar-refractivity contribution in [2.75, 3.05) is 26.7 Å². The summed E-state index contributed by atoms with van der Waals surface area (Å²) in [7, 11) is 2.17. The molecule has 0 aliphatic carbocycles. The van der Waals surface area contributed by atoms with Gasteiger partial charge in [0.1, 0.15) is 12.7 Å². The van der Waals surface area contributed by atoms with Crippen LogP contribution in [0.25, 0.3) is 12.2 Å². The largest absolute Gasteiger partial charge is 0.311 e. The van der Waals surface area contributed by atoms with E-state index in [0.717, 1.165) is 17.7 Å². The Balaban J connectivity index is 0.000000156. The zero-order valence-electron chi connectivity index (χ0n) is 15.9. The number of likely N-dealkylation sites (tertiary alicyclic amines) is 1. The van der Waals surface area contributed by atoms with Crippen molar-refractivity contribution < 1.29 is 0 Å². The molecular formula is C21H28N6. The highest BCUT2D eigenvalue weighted by molar-refractivity contribution is 5.47. The maximum atomic E-state index is 3.97.